The van der Waals surface area contributed by atoms with Gasteiger partial charge in [0.05, 0.1) is 11.9 Å². The van der Waals surface area contributed by atoms with Gasteiger partial charge >= 0.3 is 0 Å². The molecule has 0 bridgehead atoms. The molecule has 140 valence electrons. The number of hydrogen-bond acceptors (Lipinski definition) is 3. The fraction of sp³-hybridized carbons (Fsp3) is 0.278. The second-order valence-corrected chi connectivity index (χ2v) is 8.90. The van der Waals surface area contributed by atoms with E-state index in [2.05, 4.69) is 5.32 Å². The lowest BCUT2D eigenvalue weighted by atomic mass is 10.1. The van der Waals surface area contributed by atoms with Crippen molar-refractivity contribution in [3.8, 4) is 0 Å². The minimum Gasteiger partial charge on any atom is -0.324 e. The number of nitrogens with one attached hydrogen (secondary N) is 1. The molecule has 1 atom stereocenters. The Kier molecular flexibility index (Phi) is 6.21. The second kappa shape index (κ2) is 7.86. The van der Waals surface area contributed by atoms with Gasteiger partial charge in [0.15, 0.2) is 0 Å². The number of benzene rings is 2. The molecule has 0 heterocycles. The molecule has 0 aliphatic rings. The fourth-order valence-corrected chi connectivity index (χ4v) is 4.26. The van der Waals surface area contributed by atoms with Crippen LogP contribution in [0.1, 0.15) is 18.1 Å². The Morgan fingerprint density at radius 3 is 2.19 bits per heavy atom. The van der Waals surface area contributed by atoms with Crippen LogP contribution in [0.5, 0.6) is 0 Å². The molecule has 8 heteroatoms. The summed E-state index contributed by atoms with van der Waals surface area (Å²) in [6.45, 7) is 5.29. The Balaban J connectivity index is 2.39. The molecule has 2 aromatic rings. The van der Waals surface area contributed by atoms with Crippen molar-refractivity contribution in [3.63, 3.8) is 0 Å². The van der Waals surface area contributed by atoms with E-state index >= 15 is 0 Å². The number of aryl methyl sites for hydroxylation is 2. The number of sulfonamides is 1. The van der Waals surface area contributed by atoms with Crippen molar-refractivity contribution in [1.82, 2.24) is 0 Å². The zero-order valence-electron chi connectivity index (χ0n) is 14.9. The van der Waals surface area contributed by atoms with Gasteiger partial charge in [0.25, 0.3) is 0 Å². The van der Waals surface area contributed by atoms with Crippen molar-refractivity contribution in [2.45, 2.75) is 26.8 Å². The average Bonchev–Trinajstić information content (AvgIpc) is 2.48. The minimum absolute atomic E-state index is 0.230. The van der Waals surface area contributed by atoms with Crippen molar-refractivity contribution < 1.29 is 13.2 Å². The van der Waals surface area contributed by atoms with E-state index in [1.165, 1.54) is 25.1 Å². The van der Waals surface area contributed by atoms with Crippen molar-refractivity contribution >= 4 is 50.5 Å². The third-order valence-corrected chi connectivity index (χ3v) is 5.52. The smallest absolute Gasteiger partial charge is 0.248 e. The van der Waals surface area contributed by atoms with Gasteiger partial charge in [-0.1, -0.05) is 35.3 Å². The van der Waals surface area contributed by atoms with Crippen LogP contribution in [0.25, 0.3) is 0 Å². The average molecular weight is 415 g/mol. The molecule has 0 unspecified atom stereocenters. The summed E-state index contributed by atoms with van der Waals surface area (Å²) >= 11 is 12.0. The van der Waals surface area contributed by atoms with Gasteiger partial charge in [-0.15, -0.1) is 0 Å². The highest BCUT2D eigenvalue weighted by Crippen LogP contribution is 2.29. The van der Waals surface area contributed by atoms with E-state index < -0.39 is 22.0 Å². The van der Waals surface area contributed by atoms with Gasteiger partial charge in [0.2, 0.25) is 15.9 Å². The van der Waals surface area contributed by atoms with Gasteiger partial charge in [-0.05, 0) is 56.2 Å². The maximum absolute atomic E-state index is 12.7. The van der Waals surface area contributed by atoms with Gasteiger partial charge in [-0.25, -0.2) is 8.42 Å². The monoisotopic (exact) mass is 414 g/mol. The quantitative estimate of drug-likeness (QED) is 0.787. The number of nitrogens with zero attached hydrogens (tertiary/aromatic N) is 1. The van der Waals surface area contributed by atoms with Crippen LogP contribution in [0.3, 0.4) is 0 Å². The van der Waals surface area contributed by atoms with Crippen molar-refractivity contribution in [3.05, 3.63) is 57.6 Å². The lowest BCUT2D eigenvalue weighted by Crippen LogP contribution is -2.45. The van der Waals surface area contributed by atoms with Crippen LogP contribution < -0.4 is 9.62 Å². The molecule has 5 nitrogen and oxygen atoms in total. The van der Waals surface area contributed by atoms with Gasteiger partial charge in [0, 0.05) is 15.7 Å². The van der Waals surface area contributed by atoms with Crippen LogP contribution >= 0.6 is 23.2 Å². The highest BCUT2D eigenvalue weighted by atomic mass is 35.5. The molecule has 0 saturated carbocycles. The van der Waals surface area contributed by atoms with Crippen molar-refractivity contribution in [2.75, 3.05) is 15.9 Å². The van der Waals surface area contributed by atoms with Gasteiger partial charge in [0.1, 0.15) is 6.04 Å². The predicted molar refractivity (Wildman–Crippen MR) is 108 cm³/mol. The van der Waals surface area contributed by atoms with Crippen LogP contribution in [0.2, 0.25) is 10.0 Å². The molecular weight excluding hydrogens is 395 g/mol. The number of carbonyl (C=O) groups excluding carboxylic acids is 1. The summed E-state index contributed by atoms with van der Waals surface area (Å²) < 4.78 is 25.7. The first-order chi connectivity index (χ1) is 12.0. The fourth-order valence-electron chi connectivity index (χ4n) is 2.58. The molecular formula is C18H20Cl2N2O3S. The molecule has 0 aliphatic carbocycles. The normalized spacial score (nSPS) is 12.5. The largest absolute Gasteiger partial charge is 0.324 e. The van der Waals surface area contributed by atoms with E-state index in [0.29, 0.717) is 5.69 Å². The summed E-state index contributed by atoms with van der Waals surface area (Å²) in [5.41, 5.74) is 2.74. The van der Waals surface area contributed by atoms with Gasteiger partial charge < -0.3 is 5.32 Å². The molecule has 0 aliphatic heterocycles. The number of rotatable bonds is 5. The molecule has 2 aromatic carbocycles. The molecule has 1 N–H and O–H groups in total. The highest BCUT2D eigenvalue weighted by molar-refractivity contribution is 7.92. The Labute approximate surface area is 164 Å². The summed E-state index contributed by atoms with van der Waals surface area (Å²) in [4.78, 5) is 12.7. The summed E-state index contributed by atoms with van der Waals surface area (Å²) in [7, 11) is -3.75. The van der Waals surface area contributed by atoms with Crippen LogP contribution in [0.15, 0.2) is 36.4 Å². The topological polar surface area (TPSA) is 66.5 Å². The lowest BCUT2D eigenvalue weighted by molar-refractivity contribution is -0.116. The molecule has 0 spiro atoms. The lowest BCUT2D eigenvalue weighted by Gasteiger charge is -2.28. The third kappa shape index (κ3) is 4.90. The number of carbonyl (C=O) groups is 1. The molecule has 2 rings (SSSR count). The zero-order valence-corrected chi connectivity index (χ0v) is 17.2. The van der Waals surface area contributed by atoms with Crippen molar-refractivity contribution in [1.29, 1.82) is 0 Å². The summed E-state index contributed by atoms with van der Waals surface area (Å²) in [5.74, 6) is -0.458. The number of hydrogen-bond donors (Lipinski definition) is 1. The Morgan fingerprint density at radius 1 is 1.08 bits per heavy atom. The number of amides is 1. The molecule has 0 saturated heterocycles. The second-order valence-electron chi connectivity index (χ2n) is 6.17. The van der Waals surface area contributed by atoms with E-state index in [0.717, 1.165) is 21.7 Å². The standard InChI is InChI=1S/C18H20Cl2N2O3S/c1-11-5-6-12(2)17(7-11)21-18(23)13(3)22(26(4,24)25)16-9-14(19)8-15(20)10-16/h5-10,13H,1-4H3,(H,21,23)/t13-/m1/s1. The van der Waals surface area contributed by atoms with E-state index in [9.17, 15) is 13.2 Å². The van der Waals surface area contributed by atoms with Crippen LogP contribution in [-0.4, -0.2) is 26.6 Å². The first-order valence-electron chi connectivity index (χ1n) is 7.82. The predicted octanol–water partition coefficient (Wildman–Crippen LogP) is 4.40. The molecule has 0 radical (unpaired) electrons. The Bertz CT molecular complexity index is 925. The Hall–Kier alpha value is -1.76. The number of anilines is 2. The maximum Gasteiger partial charge on any atom is 0.248 e. The van der Waals surface area contributed by atoms with E-state index in [1.54, 1.807) is 0 Å². The molecule has 26 heavy (non-hydrogen) atoms. The highest BCUT2D eigenvalue weighted by Gasteiger charge is 2.29. The first-order valence-corrected chi connectivity index (χ1v) is 10.4. The summed E-state index contributed by atoms with van der Waals surface area (Å²) in [5, 5.41) is 3.35. The summed E-state index contributed by atoms with van der Waals surface area (Å²) in [6, 6.07) is 9.06. The molecule has 0 fully saturated rings. The van der Waals surface area contributed by atoms with E-state index in [4.69, 9.17) is 23.2 Å². The molecule has 0 aromatic heterocycles. The first kappa shape index (κ1) is 20.6. The van der Waals surface area contributed by atoms with Gasteiger partial charge in [-0.3, -0.25) is 9.10 Å². The minimum atomic E-state index is -3.75. The third-order valence-electron chi connectivity index (χ3n) is 3.84. The van der Waals surface area contributed by atoms with Crippen LogP contribution in [0.4, 0.5) is 11.4 Å². The maximum atomic E-state index is 12.7. The van der Waals surface area contributed by atoms with Crippen molar-refractivity contribution in [2.24, 2.45) is 0 Å². The Morgan fingerprint density at radius 2 is 1.65 bits per heavy atom. The van der Waals surface area contributed by atoms with E-state index in [-0.39, 0.29) is 15.7 Å². The van der Waals surface area contributed by atoms with Gasteiger partial charge in [-0.2, -0.15) is 0 Å². The SMILES string of the molecule is Cc1ccc(C)c(NC(=O)[C@@H](C)N(c2cc(Cl)cc(Cl)c2)S(C)(=O)=O)c1. The summed E-state index contributed by atoms with van der Waals surface area (Å²) in [6.07, 6.45) is 1.03. The number of halogens is 2. The van der Waals surface area contributed by atoms with E-state index in [1.807, 2.05) is 32.0 Å². The van der Waals surface area contributed by atoms with Crippen LogP contribution in [-0.2, 0) is 14.8 Å². The molecule has 1 amide bonds. The zero-order chi connectivity index (χ0) is 19.6. The van der Waals surface area contributed by atoms with Crippen LogP contribution in [0, 0.1) is 13.8 Å².